The van der Waals surface area contributed by atoms with Crippen molar-refractivity contribution in [3.05, 3.63) is 75.4 Å². The Balaban J connectivity index is 1.85. The fourth-order valence-corrected chi connectivity index (χ4v) is 3.22. The van der Waals surface area contributed by atoms with Gasteiger partial charge in [-0.2, -0.15) is 5.26 Å². The number of amides is 1. The van der Waals surface area contributed by atoms with Gasteiger partial charge in [-0.05, 0) is 29.8 Å². The number of carboxylic acids is 1. The number of halogens is 2. The molecule has 3 aromatic rings. The molecule has 0 radical (unpaired) electrons. The highest BCUT2D eigenvalue weighted by Gasteiger charge is 2.13. The van der Waals surface area contributed by atoms with Crippen LogP contribution in [0.1, 0.15) is 11.1 Å². The standard InChI is InChI=1S/C21H15Cl2N3O3/c22-17-6-5-13(7-18(17)23)10-25-21(29)14(9-24)8-15-11-26(12-20(27)28)19-4-2-1-3-16(15)19/h1-8,11H,10,12H2,(H,25,29)(H,27,28)/b14-8+. The molecule has 0 atom stereocenters. The molecule has 2 N–H and O–H groups in total. The first-order valence-corrected chi connectivity index (χ1v) is 9.28. The van der Waals surface area contributed by atoms with Crippen LogP contribution in [0, 0.1) is 11.3 Å². The highest BCUT2D eigenvalue weighted by molar-refractivity contribution is 6.42. The van der Waals surface area contributed by atoms with Gasteiger partial charge in [-0.25, -0.2) is 0 Å². The molecule has 0 saturated carbocycles. The number of benzene rings is 2. The lowest BCUT2D eigenvalue weighted by Crippen LogP contribution is -2.23. The second kappa shape index (κ2) is 8.82. The molecule has 1 aromatic heterocycles. The van der Waals surface area contributed by atoms with Crippen LogP contribution in [0.15, 0.2) is 54.2 Å². The van der Waals surface area contributed by atoms with Gasteiger partial charge in [0.2, 0.25) is 0 Å². The van der Waals surface area contributed by atoms with Gasteiger partial charge in [0.25, 0.3) is 5.91 Å². The summed E-state index contributed by atoms with van der Waals surface area (Å²) in [7, 11) is 0. The maximum atomic E-state index is 12.5. The van der Waals surface area contributed by atoms with Crippen molar-refractivity contribution >= 4 is 52.1 Å². The van der Waals surface area contributed by atoms with Gasteiger partial charge in [-0.1, -0.05) is 47.5 Å². The van der Waals surface area contributed by atoms with Gasteiger partial charge in [0.05, 0.1) is 10.0 Å². The molecule has 0 spiro atoms. The monoisotopic (exact) mass is 427 g/mol. The molecule has 8 heteroatoms. The first-order chi connectivity index (χ1) is 13.9. The summed E-state index contributed by atoms with van der Waals surface area (Å²) in [5.74, 6) is -1.53. The van der Waals surface area contributed by atoms with Crippen molar-refractivity contribution < 1.29 is 14.7 Å². The topological polar surface area (TPSA) is 95.1 Å². The van der Waals surface area contributed by atoms with E-state index < -0.39 is 11.9 Å². The zero-order chi connectivity index (χ0) is 21.0. The van der Waals surface area contributed by atoms with E-state index in [9.17, 15) is 14.9 Å². The Labute approximate surface area is 176 Å². The predicted molar refractivity (Wildman–Crippen MR) is 111 cm³/mol. The fourth-order valence-electron chi connectivity index (χ4n) is 2.90. The number of aromatic nitrogens is 1. The highest BCUT2D eigenvalue weighted by Crippen LogP contribution is 2.24. The Morgan fingerprint density at radius 2 is 1.93 bits per heavy atom. The average Bonchev–Trinajstić information content (AvgIpc) is 3.03. The van der Waals surface area contributed by atoms with Crippen LogP contribution in [0.4, 0.5) is 0 Å². The minimum absolute atomic E-state index is 0.0942. The lowest BCUT2D eigenvalue weighted by molar-refractivity contribution is -0.137. The molecule has 0 aliphatic rings. The number of nitrogens with one attached hydrogen (secondary N) is 1. The Morgan fingerprint density at radius 1 is 1.17 bits per heavy atom. The third-order valence-electron chi connectivity index (χ3n) is 4.23. The molecule has 0 aliphatic heterocycles. The smallest absolute Gasteiger partial charge is 0.323 e. The van der Waals surface area contributed by atoms with Gasteiger partial charge in [0, 0.05) is 29.2 Å². The normalized spacial score (nSPS) is 11.3. The van der Waals surface area contributed by atoms with E-state index in [0.717, 1.165) is 10.9 Å². The maximum Gasteiger partial charge on any atom is 0.323 e. The minimum atomic E-state index is -0.985. The summed E-state index contributed by atoms with van der Waals surface area (Å²) in [6, 6.07) is 14.1. The van der Waals surface area contributed by atoms with Crippen LogP contribution in [0.25, 0.3) is 17.0 Å². The second-order valence-electron chi connectivity index (χ2n) is 6.22. The predicted octanol–water partition coefficient (Wildman–Crippen LogP) is 4.26. The van der Waals surface area contributed by atoms with Crippen LogP contribution in [0.5, 0.6) is 0 Å². The van der Waals surface area contributed by atoms with Gasteiger partial charge in [0.15, 0.2) is 0 Å². The first kappa shape index (κ1) is 20.5. The SMILES string of the molecule is N#C/C(=C\c1cn(CC(=O)O)c2ccccc12)C(=O)NCc1ccc(Cl)c(Cl)c1. The van der Waals surface area contributed by atoms with E-state index in [1.54, 1.807) is 47.2 Å². The van der Waals surface area contributed by atoms with E-state index in [4.69, 9.17) is 28.3 Å². The third kappa shape index (κ3) is 4.77. The number of nitrogens with zero attached hydrogens (tertiary/aromatic N) is 2. The molecule has 0 aliphatic carbocycles. The van der Waals surface area contributed by atoms with Crippen molar-refractivity contribution in [2.24, 2.45) is 0 Å². The molecular weight excluding hydrogens is 413 g/mol. The van der Waals surface area contributed by atoms with E-state index in [2.05, 4.69) is 5.32 Å². The zero-order valence-corrected chi connectivity index (χ0v) is 16.5. The Morgan fingerprint density at radius 3 is 2.62 bits per heavy atom. The van der Waals surface area contributed by atoms with Crippen LogP contribution in [0.3, 0.4) is 0 Å². The number of fused-ring (bicyclic) bond motifs is 1. The van der Waals surface area contributed by atoms with Gasteiger partial charge >= 0.3 is 5.97 Å². The molecule has 1 amide bonds. The second-order valence-corrected chi connectivity index (χ2v) is 7.04. The van der Waals surface area contributed by atoms with E-state index in [0.29, 0.717) is 21.1 Å². The van der Waals surface area contributed by atoms with Crippen LogP contribution in [-0.4, -0.2) is 21.6 Å². The van der Waals surface area contributed by atoms with Crippen molar-refractivity contribution in [3.63, 3.8) is 0 Å². The molecule has 6 nitrogen and oxygen atoms in total. The van der Waals surface area contributed by atoms with E-state index in [-0.39, 0.29) is 18.7 Å². The van der Waals surface area contributed by atoms with Gasteiger partial charge < -0.3 is 15.0 Å². The molecule has 0 unspecified atom stereocenters. The summed E-state index contributed by atoms with van der Waals surface area (Å²) >= 11 is 11.8. The molecule has 3 rings (SSSR count). The fraction of sp³-hybridized carbons (Fsp3) is 0.0952. The number of carbonyl (C=O) groups excluding carboxylic acids is 1. The lowest BCUT2D eigenvalue weighted by atomic mass is 10.1. The number of aliphatic carboxylic acids is 1. The van der Waals surface area contributed by atoms with Crippen LogP contribution in [-0.2, 0) is 22.7 Å². The van der Waals surface area contributed by atoms with Crippen molar-refractivity contribution in [3.8, 4) is 6.07 Å². The summed E-state index contributed by atoms with van der Waals surface area (Å²) < 4.78 is 1.56. The number of para-hydroxylation sites is 1. The number of hydrogen-bond donors (Lipinski definition) is 2. The largest absolute Gasteiger partial charge is 0.480 e. The van der Waals surface area contributed by atoms with E-state index >= 15 is 0 Å². The number of rotatable bonds is 6. The Bertz CT molecular complexity index is 1180. The Hall–Kier alpha value is -3.27. The molecule has 2 aromatic carbocycles. The highest BCUT2D eigenvalue weighted by atomic mass is 35.5. The Kier molecular flexibility index (Phi) is 6.23. The summed E-state index contributed by atoms with van der Waals surface area (Å²) in [5, 5.41) is 22.7. The van der Waals surface area contributed by atoms with E-state index in [1.807, 2.05) is 12.1 Å². The van der Waals surface area contributed by atoms with Crippen LogP contribution < -0.4 is 5.32 Å². The average molecular weight is 428 g/mol. The van der Waals surface area contributed by atoms with Gasteiger partial charge in [-0.15, -0.1) is 0 Å². The molecule has 1 heterocycles. The number of hydrogen-bond acceptors (Lipinski definition) is 3. The third-order valence-corrected chi connectivity index (χ3v) is 4.97. The van der Waals surface area contributed by atoms with E-state index in [1.165, 1.54) is 6.08 Å². The van der Waals surface area contributed by atoms with Crippen LogP contribution >= 0.6 is 23.2 Å². The number of carboxylic acid groups (broad SMARTS) is 1. The first-order valence-electron chi connectivity index (χ1n) is 8.52. The zero-order valence-electron chi connectivity index (χ0n) is 15.0. The van der Waals surface area contributed by atoms with Crippen molar-refractivity contribution in [1.29, 1.82) is 5.26 Å². The lowest BCUT2D eigenvalue weighted by Gasteiger charge is -2.06. The summed E-state index contributed by atoms with van der Waals surface area (Å²) in [6.45, 7) is -0.0464. The molecule has 0 fully saturated rings. The summed E-state index contributed by atoms with van der Waals surface area (Å²) in [5.41, 5.74) is 1.93. The summed E-state index contributed by atoms with van der Waals surface area (Å²) in [6.07, 6.45) is 3.06. The quantitative estimate of drug-likeness (QED) is 0.453. The maximum absolute atomic E-state index is 12.5. The number of carbonyl (C=O) groups is 2. The molecule has 146 valence electrons. The molecule has 29 heavy (non-hydrogen) atoms. The molecule has 0 saturated heterocycles. The van der Waals surface area contributed by atoms with Crippen molar-refractivity contribution in [1.82, 2.24) is 9.88 Å². The summed E-state index contributed by atoms with van der Waals surface area (Å²) in [4.78, 5) is 23.6. The van der Waals surface area contributed by atoms with Crippen molar-refractivity contribution in [2.75, 3.05) is 0 Å². The number of nitriles is 1. The van der Waals surface area contributed by atoms with Gasteiger partial charge in [-0.3, -0.25) is 9.59 Å². The molecule has 0 bridgehead atoms. The molecular formula is C21H15Cl2N3O3. The van der Waals surface area contributed by atoms with Crippen molar-refractivity contribution in [2.45, 2.75) is 13.1 Å². The minimum Gasteiger partial charge on any atom is -0.480 e. The van der Waals surface area contributed by atoms with Gasteiger partial charge in [0.1, 0.15) is 18.2 Å². The van der Waals surface area contributed by atoms with Crippen LogP contribution in [0.2, 0.25) is 10.0 Å².